The van der Waals surface area contributed by atoms with Crippen molar-refractivity contribution in [3.8, 4) is 11.8 Å². The van der Waals surface area contributed by atoms with Gasteiger partial charge in [-0.15, -0.1) is 0 Å². The van der Waals surface area contributed by atoms with E-state index in [1.165, 1.54) is 0 Å². The molecule has 0 spiro atoms. The molecule has 0 aromatic carbocycles. The fraction of sp³-hybridized carbons (Fsp3) is 0.588. The van der Waals surface area contributed by atoms with Crippen LogP contribution in [0.4, 0.5) is 5.82 Å². The smallest absolute Gasteiger partial charge is 0.209 e. The number of aliphatic hydroxyl groups excluding tert-OH is 1. The number of fused-ring (bicyclic) bond motifs is 2. The lowest BCUT2D eigenvalue weighted by molar-refractivity contribution is -0.193. The maximum Gasteiger partial charge on any atom is 0.209 e. The van der Waals surface area contributed by atoms with Crippen LogP contribution in [0.2, 0.25) is 0 Å². The van der Waals surface area contributed by atoms with Gasteiger partial charge < -0.3 is 35.4 Å². The van der Waals surface area contributed by atoms with Gasteiger partial charge in [-0.05, 0) is 19.8 Å². The quantitative estimate of drug-likeness (QED) is 0.576. The summed E-state index contributed by atoms with van der Waals surface area (Å²) in [6.07, 6.45) is 0.765. The van der Waals surface area contributed by atoms with Crippen LogP contribution in [0.1, 0.15) is 19.7 Å². The van der Waals surface area contributed by atoms with Gasteiger partial charge in [0.2, 0.25) is 5.82 Å². The van der Waals surface area contributed by atoms with Gasteiger partial charge in [0.25, 0.3) is 0 Å². The normalized spacial score (nSPS) is 28.9. The maximum atomic E-state index is 9.61. The number of aromatic nitrogens is 4. The second-order valence-electron chi connectivity index (χ2n) is 7.12. The SMILES string of the molecule is CC1(C)OC2[C@H](CO)OCC2(Cn2cnc3c(N)nc(C#CCN)nc32)O1. The summed E-state index contributed by atoms with van der Waals surface area (Å²) < 4.78 is 19.7. The number of rotatable bonds is 3. The highest BCUT2D eigenvalue weighted by Gasteiger charge is 2.61. The number of nitrogens with two attached hydrogens (primary N) is 2. The Morgan fingerprint density at radius 1 is 1.41 bits per heavy atom. The molecule has 0 bridgehead atoms. The van der Waals surface area contributed by atoms with Gasteiger partial charge in [-0.1, -0.05) is 5.92 Å². The maximum absolute atomic E-state index is 9.61. The number of anilines is 1. The molecule has 0 aliphatic carbocycles. The summed E-state index contributed by atoms with van der Waals surface area (Å²) in [6.45, 7) is 4.39. The highest BCUT2D eigenvalue weighted by Crippen LogP contribution is 2.44. The van der Waals surface area contributed by atoms with Crippen LogP contribution < -0.4 is 11.5 Å². The van der Waals surface area contributed by atoms with E-state index in [2.05, 4.69) is 26.8 Å². The summed E-state index contributed by atoms with van der Waals surface area (Å²) in [4.78, 5) is 12.9. The van der Waals surface area contributed by atoms with Gasteiger partial charge in [0.05, 0.1) is 32.6 Å². The molecule has 2 aromatic rings. The first-order valence-corrected chi connectivity index (χ1v) is 8.65. The summed E-state index contributed by atoms with van der Waals surface area (Å²) in [5.41, 5.74) is 11.7. The fourth-order valence-corrected chi connectivity index (χ4v) is 3.72. The van der Waals surface area contributed by atoms with Crippen molar-refractivity contribution in [3.05, 3.63) is 12.2 Å². The molecule has 2 aliphatic rings. The minimum absolute atomic E-state index is 0.148. The zero-order valence-electron chi connectivity index (χ0n) is 15.2. The van der Waals surface area contributed by atoms with Crippen LogP contribution in [0, 0.1) is 11.8 Å². The number of ether oxygens (including phenoxy) is 3. The number of aliphatic hydroxyl groups is 1. The number of nitrogen functional groups attached to an aromatic ring is 1. The van der Waals surface area contributed by atoms with Gasteiger partial charge in [-0.25, -0.2) is 15.0 Å². The van der Waals surface area contributed by atoms with E-state index < -0.39 is 23.6 Å². The zero-order chi connectivity index (χ0) is 19.2. The lowest BCUT2D eigenvalue weighted by Crippen LogP contribution is -2.45. The number of nitrogens with zero attached hydrogens (tertiary/aromatic N) is 4. The molecule has 144 valence electrons. The van der Waals surface area contributed by atoms with Crippen molar-refractivity contribution < 1.29 is 19.3 Å². The van der Waals surface area contributed by atoms with Crippen molar-refractivity contribution in [2.45, 2.75) is 44.0 Å². The van der Waals surface area contributed by atoms with Gasteiger partial charge >= 0.3 is 0 Å². The minimum atomic E-state index is -0.788. The molecular formula is C17H22N6O4. The molecule has 0 radical (unpaired) electrons. The van der Waals surface area contributed by atoms with Crippen molar-refractivity contribution in [1.29, 1.82) is 0 Å². The fourth-order valence-electron chi connectivity index (χ4n) is 3.72. The topological polar surface area (TPSA) is 144 Å². The predicted molar refractivity (Wildman–Crippen MR) is 95.3 cm³/mol. The van der Waals surface area contributed by atoms with Crippen molar-refractivity contribution in [3.63, 3.8) is 0 Å². The van der Waals surface area contributed by atoms with Crippen LogP contribution in [-0.4, -0.2) is 68.0 Å². The highest BCUT2D eigenvalue weighted by molar-refractivity contribution is 5.81. The molecule has 0 amide bonds. The van der Waals surface area contributed by atoms with Gasteiger partial charge in [0.1, 0.15) is 23.3 Å². The Balaban J connectivity index is 1.73. The van der Waals surface area contributed by atoms with Crippen LogP contribution in [0.3, 0.4) is 0 Å². The lowest BCUT2D eigenvalue weighted by atomic mass is 9.96. The van der Waals surface area contributed by atoms with E-state index in [4.69, 9.17) is 25.7 Å². The third-order valence-electron chi connectivity index (χ3n) is 4.67. The van der Waals surface area contributed by atoms with E-state index in [0.717, 1.165) is 0 Å². The average Bonchev–Trinajstić information content (AvgIpc) is 3.23. The Kier molecular flexibility index (Phi) is 4.29. The molecule has 3 atom stereocenters. The Morgan fingerprint density at radius 2 is 2.22 bits per heavy atom. The Labute approximate surface area is 155 Å². The van der Waals surface area contributed by atoms with E-state index in [1.807, 2.05) is 18.4 Å². The molecule has 2 aromatic heterocycles. The van der Waals surface area contributed by atoms with Crippen LogP contribution in [-0.2, 0) is 20.8 Å². The van der Waals surface area contributed by atoms with Gasteiger partial charge in [-0.2, -0.15) is 0 Å². The lowest BCUT2D eigenvalue weighted by Gasteiger charge is -2.27. The number of hydrogen-bond acceptors (Lipinski definition) is 9. The first-order chi connectivity index (χ1) is 12.9. The predicted octanol–water partition coefficient (Wildman–Crippen LogP) is -1.000. The Morgan fingerprint density at radius 3 is 2.96 bits per heavy atom. The Hall–Kier alpha value is -2.29. The minimum Gasteiger partial charge on any atom is -0.394 e. The molecule has 5 N–H and O–H groups in total. The molecule has 2 aliphatic heterocycles. The van der Waals surface area contributed by atoms with Crippen molar-refractivity contribution in [2.24, 2.45) is 5.73 Å². The van der Waals surface area contributed by atoms with Crippen LogP contribution >= 0.6 is 0 Å². The van der Waals surface area contributed by atoms with E-state index in [1.54, 1.807) is 6.33 Å². The summed E-state index contributed by atoms with van der Waals surface area (Å²) >= 11 is 0. The number of hydrogen-bond donors (Lipinski definition) is 3. The first-order valence-electron chi connectivity index (χ1n) is 8.65. The summed E-state index contributed by atoms with van der Waals surface area (Å²) in [5.74, 6) is 5.24. The average molecular weight is 374 g/mol. The molecule has 0 saturated carbocycles. The van der Waals surface area contributed by atoms with Crippen molar-refractivity contribution >= 4 is 17.0 Å². The second-order valence-corrected chi connectivity index (χ2v) is 7.12. The van der Waals surface area contributed by atoms with Gasteiger partial charge in [0, 0.05) is 0 Å². The molecule has 4 heterocycles. The summed E-state index contributed by atoms with van der Waals surface area (Å²) in [5, 5.41) is 9.61. The zero-order valence-corrected chi connectivity index (χ0v) is 15.2. The van der Waals surface area contributed by atoms with Crippen molar-refractivity contribution in [2.75, 3.05) is 25.5 Å². The molecule has 2 saturated heterocycles. The van der Waals surface area contributed by atoms with Crippen LogP contribution in [0.15, 0.2) is 6.33 Å². The van der Waals surface area contributed by atoms with E-state index >= 15 is 0 Å². The largest absolute Gasteiger partial charge is 0.394 e. The van der Waals surface area contributed by atoms with Crippen molar-refractivity contribution in [1.82, 2.24) is 19.5 Å². The molecule has 2 fully saturated rings. The third kappa shape index (κ3) is 3.03. The standard InChI is InChI=1S/C17H22N6O4/c1-16(2)26-13-10(6-24)25-8-17(13,27-16)7-23-9-20-12-14(19)21-11(4-3-5-18)22-15(12)23/h9-10,13,24H,5-8,18H2,1-2H3,(H2,19,21,22)/t10-,13?,17?/m0/s1. The molecule has 10 heteroatoms. The molecule has 2 unspecified atom stereocenters. The molecular weight excluding hydrogens is 352 g/mol. The van der Waals surface area contributed by atoms with E-state index in [9.17, 15) is 5.11 Å². The summed E-state index contributed by atoms with van der Waals surface area (Å²) in [7, 11) is 0. The van der Waals surface area contributed by atoms with Gasteiger partial charge in [0.15, 0.2) is 17.3 Å². The first kappa shape index (κ1) is 18.1. The highest BCUT2D eigenvalue weighted by atomic mass is 16.8. The van der Waals surface area contributed by atoms with Gasteiger partial charge in [-0.3, -0.25) is 0 Å². The summed E-state index contributed by atoms with van der Waals surface area (Å²) in [6, 6.07) is 0. The van der Waals surface area contributed by atoms with E-state index in [-0.39, 0.29) is 31.4 Å². The third-order valence-corrected chi connectivity index (χ3v) is 4.67. The molecule has 27 heavy (non-hydrogen) atoms. The monoisotopic (exact) mass is 374 g/mol. The number of imidazole rings is 1. The Bertz CT molecular complexity index is 933. The molecule has 4 rings (SSSR count). The molecule has 10 nitrogen and oxygen atoms in total. The van der Waals surface area contributed by atoms with Crippen LogP contribution in [0.25, 0.3) is 11.2 Å². The van der Waals surface area contributed by atoms with E-state index in [0.29, 0.717) is 17.7 Å². The van der Waals surface area contributed by atoms with Crippen LogP contribution in [0.5, 0.6) is 0 Å². The second kappa shape index (κ2) is 6.40.